The molecular formula is C12H14BrN5O2. The molecule has 0 atom stereocenters. The van der Waals surface area contributed by atoms with Crippen molar-refractivity contribution in [3.8, 4) is 0 Å². The predicted molar refractivity (Wildman–Crippen MR) is 75.3 cm³/mol. The number of halogens is 1. The molecule has 8 heteroatoms. The number of anilines is 1. The third-order valence-corrected chi connectivity index (χ3v) is 3.89. The summed E-state index contributed by atoms with van der Waals surface area (Å²) in [6, 6.07) is 0. The fourth-order valence-electron chi connectivity index (χ4n) is 1.85. The van der Waals surface area contributed by atoms with Crippen LogP contribution < -0.4 is 10.9 Å². The Morgan fingerprint density at radius 3 is 3.00 bits per heavy atom. The van der Waals surface area contributed by atoms with Crippen molar-refractivity contribution in [2.24, 2.45) is 5.92 Å². The average molecular weight is 340 g/mol. The Balaban J connectivity index is 1.73. The number of nitrogens with zero attached hydrogens (tertiary/aromatic N) is 4. The normalized spacial score (nSPS) is 14.5. The van der Waals surface area contributed by atoms with Crippen LogP contribution in [0.3, 0.4) is 0 Å². The monoisotopic (exact) mass is 339 g/mol. The lowest BCUT2D eigenvalue weighted by molar-refractivity contribution is 0.388. The molecule has 1 aliphatic rings. The Hall–Kier alpha value is -1.70. The van der Waals surface area contributed by atoms with Crippen molar-refractivity contribution in [3.05, 3.63) is 32.7 Å². The maximum Gasteiger partial charge on any atom is 0.283 e. The molecule has 2 aromatic heterocycles. The van der Waals surface area contributed by atoms with Gasteiger partial charge in [0, 0.05) is 13.5 Å². The minimum Gasteiger partial charge on any atom is -0.375 e. The van der Waals surface area contributed by atoms with E-state index < -0.39 is 0 Å². The summed E-state index contributed by atoms with van der Waals surface area (Å²) in [4.78, 5) is 16.2. The van der Waals surface area contributed by atoms with Crippen molar-refractivity contribution in [2.75, 3.05) is 5.32 Å². The van der Waals surface area contributed by atoms with Gasteiger partial charge in [-0.05, 0) is 34.7 Å². The Labute approximate surface area is 123 Å². The van der Waals surface area contributed by atoms with E-state index in [-0.39, 0.29) is 5.56 Å². The first-order valence-corrected chi connectivity index (χ1v) is 7.21. The van der Waals surface area contributed by atoms with Gasteiger partial charge in [-0.15, -0.1) is 0 Å². The molecular weight excluding hydrogens is 326 g/mol. The van der Waals surface area contributed by atoms with Gasteiger partial charge in [-0.25, -0.2) is 4.68 Å². The van der Waals surface area contributed by atoms with Gasteiger partial charge >= 0.3 is 0 Å². The smallest absolute Gasteiger partial charge is 0.283 e. The number of hydrogen-bond donors (Lipinski definition) is 1. The van der Waals surface area contributed by atoms with E-state index in [0.29, 0.717) is 40.9 Å². The van der Waals surface area contributed by atoms with Crippen LogP contribution in [0.5, 0.6) is 0 Å². The maximum absolute atomic E-state index is 12.1. The van der Waals surface area contributed by atoms with Gasteiger partial charge in [-0.1, -0.05) is 5.16 Å². The largest absolute Gasteiger partial charge is 0.375 e. The first-order chi connectivity index (χ1) is 9.63. The lowest BCUT2D eigenvalue weighted by atomic mass is 10.4. The van der Waals surface area contributed by atoms with Gasteiger partial charge in [0.1, 0.15) is 4.47 Å². The van der Waals surface area contributed by atoms with E-state index in [0.717, 1.165) is 0 Å². The van der Waals surface area contributed by atoms with Gasteiger partial charge in [0.2, 0.25) is 5.89 Å². The van der Waals surface area contributed by atoms with Gasteiger partial charge < -0.3 is 9.84 Å². The molecule has 2 heterocycles. The summed E-state index contributed by atoms with van der Waals surface area (Å²) in [5.74, 6) is 1.66. The van der Waals surface area contributed by atoms with Crippen LogP contribution in [0.1, 0.15) is 24.6 Å². The van der Waals surface area contributed by atoms with Crippen LogP contribution in [0.15, 0.2) is 20.0 Å². The van der Waals surface area contributed by atoms with Crippen LogP contribution in [-0.2, 0) is 13.1 Å². The topological polar surface area (TPSA) is 85.8 Å². The van der Waals surface area contributed by atoms with Crippen molar-refractivity contribution in [1.29, 1.82) is 0 Å². The highest BCUT2D eigenvalue weighted by atomic mass is 79.9. The van der Waals surface area contributed by atoms with Crippen molar-refractivity contribution >= 4 is 21.6 Å². The van der Waals surface area contributed by atoms with E-state index in [1.54, 1.807) is 13.1 Å². The van der Waals surface area contributed by atoms with Crippen molar-refractivity contribution in [3.63, 3.8) is 0 Å². The lowest BCUT2D eigenvalue weighted by Crippen LogP contribution is -2.25. The van der Waals surface area contributed by atoms with E-state index >= 15 is 0 Å². The Morgan fingerprint density at radius 2 is 2.35 bits per heavy atom. The molecule has 0 radical (unpaired) electrons. The minimum absolute atomic E-state index is 0.119. The van der Waals surface area contributed by atoms with Crippen LogP contribution in [0.4, 0.5) is 5.69 Å². The molecule has 2 aromatic rings. The second kappa shape index (κ2) is 5.35. The van der Waals surface area contributed by atoms with Gasteiger partial charge in [0.15, 0.2) is 5.82 Å². The Bertz CT molecular complexity index is 677. The molecule has 20 heavy (non-hydrogen) atoms. The fraction of sp³-hybridized carbons (Fsp3) is 0.500. The molecule has 3 rings (SSSR count). The molecule has 1 fully saturated rings. The summed E-state index contributed by atoms with van der Waals surface area (Å²) < 4.78 is 6.87. The molecule has 0 bridgehead atoms. The van der Waals surface area contributed by atoms with Gasteiger partial charge in [-0.2, -0.15) is 10.1 Å². The number of rotatable bonds is 5. The van der Waals surface area contributed by atoms with Crippen LogP contribution in [0.2, 0.25) is 0 Å². The molecule has 0 aromatic carbocycles. The zero-order chi connectivity index (χ0) is 14.1. The highest BCUT2D eigenvalue weighted by molar-refractivity contribution is 9.10. The highest BCUT2D eigenvalue weighted by Gasteiger charge is 2.23. The highest BCUT2D eigenvalue weighted by Crippen LogP contribution is 2.30. The molecule has 0 saturated heterocycles. The molecule has 7 nitrogen and oxygen atoms in total. The zero-order valence-electron chi connectivity index (χ0n) is 11.0. The fourth-order valence-corrected chi connectivity index (χ4v) is 2.30. The van der Waals surface area contributed by atoms with Crippen molar-refractivity contribution in [1.82, 2.24) is 19.9 Å². The summed E-state index contributed by atoms with van der Waals surface area (Å²) >= 11 is 3.32. The van der Waals surface area contributed by atoms with Gasteiger partial charge in [0.25, 0.3) is 5.56 Å². The average Bonchev–Trinajstić information content (AvgIpc) is 3.15. The molecule has 0 amide bonds. The summed E-state index contributed by atoms with van der Waals surface area (Å²) in [5.41, 5.74) is 0.510. The second-order valence-electron chi connectivity index (χ2n) is 4.89. The molecule has 0 unspecified atom stereocenters. The number of aromatic nitrogens is 4. The summed E-state index contributed by atoms with van der Waals surface area (Å²) in [6.45, 7) is 2.80. The number of nitrogens with one attached hydrogen (secondary N) is 1. The maximum atomic E-state index is 12.1. The molecule has 0 aliphatic heterocycles. The molecule has 1 aliphatic carbocycles. The van der Waals surface area contributed by atoms with Crippen LogP contribution in [-0.4, -0.2) is 19.9 Å². The Kier molecular flexibility index (Phi) is 3.56. The first kappa shape index (κ1) is 13.3. The van der Waals surface area contributed by atoms with E-state index in [4.69, 9.17) is 4.52 Å². The first-order valence-electron chi connectivity index (χ1n) is 6.42. The summed E-state index contributed by atoms with van der Waals surface area (Å²) in [5, 5.41) is 11.0. The number of aryl methyl sites for hydroxylation is 1. The molecule has 1 N–H and O–H groups in total. The van der Waals surface area contributed by atoms with E-state index in [1.165, 1.54) is 17.5 Å². The minimum atomic E-state index is -0.119. The zero-order valence-corrected chi connectivity index (χ0v) is 12.6. The standard InChI is InChI=1S/C12H14BrN5O2/c1-7-16-10(17-20-7)5-14-9-4-15-18(6-8-2-3-8)12(19)11(9)13/h4,8,14H,2-3,5-6H2,1H3. The van der Waals surface area contributed by atoms with E-state index in [1.807, 2.05) is 0 Å². The second-order valence-corrected chi connectivity index (χ2v) is 5.68. The van der Waals surface area contributed by atoms with Crippen molar-refractivity contribution in [2.45, 2.75) is 32.9 Å². The molecule has 1 saturated carbocycles. The quantitative estimate of drug-likeness (QED) is 0.892. The van der Waals surface area contributed by atoms with Crippen LogP contribution in [0.25, 0.3) is 0 Å². The Morgan fingerprint density at radius 1 is 1.55 bits per heavy atom. The number of hydrogen-bond acceptors (Lipinski definition) is 6. The van der Waals surface area contributed by atoms with Crippen LogP contribution in [0, 0.1) is 12.8 Å². The molecule has 106 valence electrons. The van der Waals surface area contributed by atoms with E-state index in [2.05, 4.69) is 36.5 Å². The summed E-state index contributed by atoms with van der Waals surface area (Å²) in [7, 11) is 0. The lowest BCUT2D eigenvalue weighted by Gasteiger charge is -2.08. The van der Waals surface area contributed by atoms with E-state index in [9.17, 15) is 4.79 Å². The summed E-state index contributed by atoms with van der Waals surface area (Å²) in [6.07, 6.45) is 4.01. The SMILES string of the molecule is Cc1nc(CNc2cnn(CC3CC3)c(=O)c2Br)no1. The third kappa shape index (κ3) is 2.90. The van der Waals surface area contributed by atoms with Crippen molar-refractivity contribution < 1.29 is 4.52 Å². The van der Waals surface area contributed by atoms with Gasteiger partial charge in [-0.3, -0.25) is 4.79 Å². The molecule has 0 spiro atoms. The van der Waals surface area contributed by atoms with Gasteiger partial charge in [0.05, 0.1) is 18.4 Å². The van der Waals surface area contributed by atoms with Crippen LogP contribution >= 0.6 is 15.9 Å². The third-order valence-electron chi connectivity index (χ3n) is 3.12. The predicted octanol–water partition coefficient (Wildman–Crippen LogP) is 1.72.